The summed E-state index contributed by atoms with van der Waals surface area (Å²) in [5.41, 5.74) is 0.989. The lowest BCUT2D eigenvalue weighted by Crippen LogP contribution is -2.18. The number of hydrogen-bond donors (Lipinski definition) is 1. The van der Waals surface area contributed by atoms with E-state index in [4.69, 9.17) is 16.6 Å². The average Bonchev–Trinajstić information content (AvgIpc) is 3.18. The number of halogens is 1. The number of thioether (sulfide) groups is 1. The first-order chi connectivity index (χ1) is 9.67. The van der Waals surface area contributed by atoms with E-state index in [0.29, 0.717) is 17.1 Å². The molecule has 0 amide bonds. The molecule has 2 fully saturated rings. The number of nitrogens with one attached hydrogen (secondary N) is 1. The van der Waals surface area contributed by atoms with Crippen molar-refractivity contribution in [2.75, 3.05) is 11.1 Å². The van der Waals surface area contributed by atoms with Crippen molar-refractivity contribution in [1.29, 1.82) is 0 Å². The van der Waals surface area contributed by atoms with E-state index in [-0.39, 0.29) is 0 Å². The van der Waals surface area contributed by atoms with Crippen LogP contribution >= 0.6 is 23.4 Å². The first-order valence-electron chi connectivity index (χ1n) is 7.59. The number of anilines is 1. The lowest BCUT2D eigenvalue weighted by Gasteiger charge is -2.17. The lowest BCUT2D eigenvalue weighted by molar-refractivity contribution is 0.746. The molecule has 2 atom stereocenters. The Balaban J connectivity index is 1.70. The summed E-state index contributed by atoms with van der Waals surface area (Å²) in [6.45, 7) is 4.25. The second-order valence-electron chi connectivity index (χ2n) is 5.85. The maximum atomic E-state index is 6.26. The number of aromatic nitrogens is 2. The van der Waals surface area contributed by atoms with Gasteiger partial charge in [0.15, 0.2) is 0 Å². The van der Waals surface area contributed by atoms with Gasteiger partial charge in [0, 0.05) is 22.8 Å². The molecule has 0 saturated heterocycles. The fourth-order valence-corrected chi connectivity index (χ4v) is 4.14. The van der Waals surface area contributed by atoms with Gasteiger partial charge in [0.25, 0.3) is 0 Å². The van der Waals surface area contributed by atoms with Crippen LogP contribution in [0.1, 0.15) is 56.3 Å². The Hall–Kier alpha value is -0.480. The Morgan fingerprint density at radius 1 is 1.25 bits per heavy atom. The quantitative estimate of drug-likeness (QED) is 0.818. The summed E-state index contributed by atoms with van der Waals surface area (Å²) in [5, 5.41) is 5.03. The third kappa shape index (κ3) is 3.22. The topological polar surface area (TPSA) is 37.8 Å². The highest BCUT2D eigenvalue weighted by Gasteiger charge is 2.29. The first-order valence-corrected chi connectivity index (χ1v) is 9.02. The maximum Gasteiger partial charge on any atom is 0.137 e. The molecule has 5 heteroatoms. The molecule has 2 aliphatic carbocycles. The van der Waals surface area contributed by atoms with Gasteiger partial charge in [-0.25, -0.2) is 9.97 Å². The normalized spacial score (nSPS) is 25.9. The van der Waals surface area contributed by atoms with Crippen molar-refractivity contribution in [3.8, 4) is 0 Å². The largest absolute Gasteiger partial charge is 0.367 e. The summed E-state index contributed by atoms with van der Waals surface area (Å²) in [6.07, 6.45) is 6.19. The van der Waals surface area contributed by atoms with Gasteiger partial charge in [0.2, 0.25) is 0 Å². The molecule has 0 aromatic carbocycles. The third-order valence-electron chi connectivity index (χ3n) is 4.17. The smallest absolute Gasteiger partial charge is 0.137 e. The van der Waals surface area contributed by atoms with Crippen molar-refractivity contribution in [3.63, 3.8) is 0 Å². The van der Waals surface area contributed by atoms with Crippen molar-refractivity contribution in [1.82, 2.24) is 9.97 Å². The second kappa shape index (κ2) is 6.10. The standard InChI is InChI=1S/C15H22ClN3S/c1-3-20-12-7-6-11(8-12)17-14-9(2)13(16)18-15(19-14)10-4-5-10/h10-12H,3-8H2,1-2H3,(H,17,18,19). The zero-order valence-corrected chi connectivity index (χ0v) is 13.7. The van der Waals surface area contributed by atoms with E-state index in [1.807, 2.05) is 6.92 Å². The van der Waals surface area contributed by atoms with Crippen molar-refractivity contribution in [3.05, 3.63) is 16.5 Å². The van der Waals surface area contributed by atoms with E-state index in [9.17, 15) is 0 Å². The van der Waals surface area contributed by atoms with Gasteiger partial charge in [-0.2, -0.15) is 11.8 Å². The van der Waals surface area contributed by atoms with Gasteiger partial charge in [-0.3, -0.25) is 0 Å². The molecule has 1 aromatic heterocycles. The fourth-order valence-electron chi connectivity index (χ4n) is 2.82. The van der Waals surface area contributed by atoms with Crippen LogP contribution in [0.2, 0.25) is 5.15 Å². The summed E-state index contributed by atoms with van der Waals surface area (Å²) in [7, 11) is 0. The van der Waals surface area contributed by atoms with Crippen LogP contribution in [0.15, 0.2) is 0 Å². The van der Waals surface area contributed by atoms with Gasteiger partial charge >= 0.3 is 0 Å². The molecule has 2 unspecified atom stereocenters. The molecule has 3 rings (SSSR count). The number of nitrogens with zero attached hydrogens (tertiary/aromatic N) is 2. The summed E-state index contributed by atoms with van der Waals surface area (Å²) < 4.78 is 0. The highest BCUT2D eigenvalue weighted by atomic mass is 35.5. The van der Waals surface area contributed by atoms with E-state index >= 15 is 0 Å². The Labute approximate surface area is 130 Å². The van der Waals surface area contributed by atoms with E-state index in [1.54, 1.807) is 0 Å². The molecule has 0 spiro atoms. The molecule has 110 valence electrons. The summed E-state index contributed by atoms with van der Waals surface area (Å²) in [6, 6.07) is 0.538. The molecule has 0 radical (unpaired) electrons. The second-order valence-corrected chi connectivity index (χ2v) is 7.79. The van der Waals surface area contributed by atoms with Gasteiger partial charge in [-0.15, -0.1) is 0 Å². The lowest BCUT2D eigenvalue weighted by atomic mass is 10.2. The number of hydrogen-bond acceptors (Lipinski definition) is 4. The van der Waals surface area contributed by atoms with Gasteiger partial charge in [-0.05, 0) is 44.8 Å². The predicted molar refractivity (Wildman–Crippen MR) is 86.9 cm³/mol. The molecule has 0 aliphatic heterocycles. The minimum absolute atomic E-state index is 0.538. The minimum Gasteiger partial charge on any atom is -0.367 e. The minimum atomic E-state index is 0.538. The van der Waals surface area contributed by atoms with Crippen LogP contribution in [-0.2, 0) is 0 Å². The van der Waals surface area contributed by atoms with Gasteiger partial charge in [-0.1, -0.05) is 18.5 Å². The molecule has 2 saturated carbocycles. The number of rotatable bonds is 5. The van der Waals surface area contributed by atoms with Crippen LogP contribution in [0.3, 0.4) is 0 Å². The summed E-state index contributed by atoms with van der Waals surface area (Å²) in [4.78, 5) is 9.14. The van der Waals surface area contributed by atoms with Crippen molar-refractivity contribution >= 4 is 29.2 Å². The van der Waals surface area contributed by atoms with Crippen LogP contribution in [0.4, 0.5) is 5.82 Å². The fraction of sp³-hybridized carbons (Fsp3) is 0.733. The summed E-state index contributed by atoms with van der Waals surface area (Å²) >= 11 is 8.34. The molecule has 3 nitrogen and oxygen atoms in total. The van der Waals surface area contributed by atoms with E-state index in [0.717, 1.165) is 22.5 Å². The Morgan fingerprint density at radius 2 is 2.05 bits per heavy atom. The zero-order chi connectivity index (χ0) is 14.1. The molecule has 1 aromatic rings. The average molecular weight is 312 g/mol. The first kappa shape index (κ1) is 14.5. The van der Waals surface area contributed by atoms with Crippen molar-refractivity contribution in [2.24, 2.45) is 0 Å². The maximum absolute atomic E-state index is 6.26. The highest BCUT2D eigenvalue weighted by Crippen LogP contribution is 2.40. The molecular weight excluding hydrogens is 290 g/mol. The van der Waals surface area contributed by atoms with E-state index in [2.05, 4.69) is 29.0 Å². The zero-order valence-electron chi connectivity index (χ0n) is 12.2. The Kier molecular flexibility index (Phi) is 4.41. The summed E-state index contributed by atoms with van der Waals surface area (Å²) in [5.74, 6) is 3.64. The van der Waals surface area contributed by atoms with Crippen molar-refractivity contribution in [2.45, 2.75) is 63.2 Å². The van der Waals surface area contributed by atoms with Crippen LogP contribution in [0, 0.1) is 6.92 Å². The molecular formula is C15H22ClN3S. The molecule has 0 bridgehead atoms. The molecule has 20 heavy (non-hydrogen) atoms. The van der Waals surface area contributed by atoms with Gasteiger partial charge < -0.3 is 5.32 Å². The predicted octanol–water partition coefficient (Wildman–Crippen LogP) is 4.40. The third-order valence-corrected chi connectivity index (χ3v) is 5.77. The highest BCUT2D eigenvalue weighted by molar-refractivity contribution is 7.99. The van der Waals surface area contributed by atoms with Crippen LogP contribution in [-0.4, -0.2) is 27.0 Å². The molecule has 2 aliphatic rings. The SMILES string of the molecule is CCSC1CCC(Nc2nc(C3CC3)nc(Cl)c2C)C1. The van der Waals surface area contributed by atoms with Crippen LogP contribution in [0.5, 0.6) is 0 Å². The Morgan fingerprint density at radius 3 is 2.75 bits per heavy atom. The van der Waals surface area contributed by atoms with Gasteiger partial charge in [0.05, 0.1) is 0 Å². The van der Waals surface area contributed by atoms with Crippen LogP contribution in [0.25, 0.3) is 0 Å². The van der Waals surface area contributed by atoms with E-state index < -0.39 is 0 Å². The van der Waals surface area contributed by atoms with Gasteiger partial charge in [0.1, 0.15) is 16.8 Å². The van der Waals surface area contributed by atoms with E-state index in [1.165, 1.54) is 37.9 Å². The molecule has 1 heterocycles. The monoisotopic (exact) mass is 311 g/mol. The van der Waals surface area contributed by atoms with Crippen molar-refractivity contribution < 1.29 is 0 Å². The van der Waals surface area contributed by atoms with Crippen LogP contribution < -0.4 is 5.32 Å². The molecule has 1 N–H and O–H groups in total. The Bertz CT molecular complexity index is 490.